The van der Waals surface area contributed by atoms with E-state index in [1.165, 1.54) is 18.2 Å². The fourth-order valence-electron chi connectivity index (χ4n) is 3.17. The average Bonchev–Trinajstić information content (AvgIpc) is 2.95. The molecule has 0 N–H and O–H groups in total. The zero-order chi connectivity index (χ0) is 21.1. The molecule has 2 aromatic rings. The number of hydrogen-bond donors (Lipinski definition) is 0. The van der Waals surface area contributed by atoms with Gasteiger partial charge in [-0.3, -0.25) is 9.59 Å². The van der Waals surface area contributed by atoms with Gasteiger partial charge in [-0.2, -0.15) is 5.26 Å². The van der Waals surface area contributed by atoms with Crippen LogP contribution in [0, 0.1) is 17.1 Å². The highest BCUT2D eigenvalue weighted by Gasteiger charge is 2.31. The number of fused-ring (bicyclic) bond motifs is 1. The molecule has 0 radical (unpaired) electrons. The molecule has 0 spiro atoms. The number of carbonyl (C=O) groups is 2. The molecule has 1 aliphatic rings. The Kier molecular flexibility index (Phi) is 5.85. The topological polar surface area (TPSA) is 73.6 Å². The Morgan fingerprint density at radius 2 is 1.72 bits per heavy atom. The Labute approximate surface area is 172 Å². The number of hydrogen-bond acceptors (Lipinski definition) is 6. The van der Waals surface area contributed by atoms with Gasteiger partial charge in [0.05, 0.1) is 17.8 Å². The molecule has 0 aliphatic carbocycles. The molecule has 0 amide bonds. The number of carbonyl (C=O) groups excluding carboxylic acids is 2. The summed E-state index contributed by atoms with van der Waals surface area (Å²) in [6.45, 7) is -0.630. The highest BCUT2D eigenvalue weighted by molar-refractivity contribution is 6.31. The van der Waals surface area contributed by atoms with Crippen LogP contribution >= 0.6 is 11.6 Å². The minimum absolute atomic E-state index is 0.00353. The van der Waals surface area contributed by atoms with Crippen molar-refractivity contribution >= 4 is 34.7 Å². The second-order valence-corrected chi connectivity index (χ2v) is 6.79. The van der Waals surface area contributed by atoms with Gasteiger partial charge in [0.1, 0.15) is 23.3 Å². The standard InChI is InChI=1S/C21H17ClFN3O3/c1-25-17-8-3-4-9-18(17)26(2)21(25)14(11-24)19(27)12-29-20(28)10-13-15(22)6-5-7-16(13)23/h3-9H,10,12H2,1-2H3. The van der Waals surface area contributed by atoms with Crippen molar-refractivity contribution in [3.8, 4) is 6.07 Å². The van der Waals surface area contributed by atoms with Gasteiger partial charge in [0, 0.05) is 24.7 Å². The Morgan fingerprint density at radius 1 is 1.10 bits per heavy atom. The SMILES string of the molecule is CN1C(=C(C#N)C(=O)COC(=O)Cc2c(F)cccc2Cl)N(C)c2ccccc21. The van der Waals surface area contributed by atoms with Gasteiger partial charge in [0.2, 0.25) is 5.78 Å². The Bertz CT molecular complexity index is 1010. The molecular weight excluding hydrogens is 397 g/mol. The third-order valence-corrected chi connectivity index (χ3v) is 4.96. The molecule has 0 bridgehead atoms. The molecule has 1 heterocycles. The number of esters is 1. The Morgan fingerprint density at radius 3 is 2.28 bits per heavy atom. The lowest BCUT2D eigenvalue weighted by atomic mass is 10.1. The third-order valence-electron chi connectivity index (χ3n) is 4.60. The number of nitriles is 1. The third kappa shape index (κ3) is 3.93. The number of nitrogens with zero attached hydrogens (tertiary/aromatic N) is 3. The van der Waals surface area contributed by atoms with Crippen molar-refractivity contribution in [1.29, 1.82) is 5.26 Å². The van der Waals surface area contributed by atoms with Crippen LogP contribution in [0.15, 0.2) is 53.9 Å². The minimum Gasteiger partial charge on any atom is -0.457 e. The summed E-state index contributed by atoms with van der Waals surface area (Å²) in [6, 6.07) is 13.4. The van der Waals surface area contributed by atoms with Gasteiger partial charge < -0.3 is 14.5 Å². The van der Waals surface area contributed by atoms with Crippen LogP contribution in [0.3, 0.4) is 0 Å². The predicted molar refractivity (Wildman–Crippen MR) is 107 cm³/mol. The fourth-order valence-corrected chi connectivity index (χ4v) is 3.40. The summed E-state index contributed by atoms with van der Waals surface area (Å²) >= 11 is 5.90. The zero-order valence-electron chi connectivity index (χ0n) is 15.8. The van der Waals surface area contributed by atoms with Crippen LogP contribution in [-0.2, 0) is 20.7 Å². The lowest BCUT2D eigenvalue weighted by Gasteiger charge is -2.19. The van der Waals surface area contributed by atoms with Gasteiger partial charge in [-0.05, 0) is 24.3 Å². The number of ether oxygens (including phenoxy) is 1. The maximum absolute atomic E-state index is 13.8. The molecule has 0 saturated carbocycles. The van der Waals surface area contributed by atoms with Gasteiger partial charge >= 0.3 is 5.97 Å². The van der Waals surface area contributed by atoms with Crippen LogP contribution in [0.25, 0.3) is 0 Å². The van der Waals surface area contributed by atoms with Crippen LogP contribution < -0.4 is 9.80 Å². The predicted octanol–water partition coefficient (Wildman–Crippen LogP) is 3.46. The van der Waals surface area contributed by atoms with Crippen molar-refractivity contribution in [1.82, 2.24) is 0 Å². The summed E-state index contributed by atoms with van der Waals surface area (Å²) in [5.74, 6) is -1.70. The number of rotatable bonds is 5. The van der Waals surface area contributed by atoms with Crippen LogP contribution in [0.5, 0.6) is 0 Å². The molecular formula is C21H17ClFN3O3. The first-order valence-corrected chi connectivity index (χ1v) is 9.05. The molecule has 2 aromatic carbocycles. The highest BCUT2D eigenvalue weighted by atomic mass is 35.5. The van der Waals surface area contributed by atoms with Crippen molar-refractivity contribution < 1.29 is 18.7 Å². The number of para-hydroxylation sites is 2. The molecule has 6 nitrogen and oxygen atoms in total. The van der Waals surface area contributed by atoms with E-state index in [9.17, 15) is 19.2 Å². The summed E-state index contributed by atoms with van der Waals surface area (Å²) in [7, 11) is 3.49. The maximum Gasteiger partial charge on any atom is 0.310 e. The van der Waals surface area contributed by atoms with Crippen molar-refractivity contribution in [2.24, 2.45) is 0 Å². The van der Waals surface area contributed by atoms with E-state index in [1.54, 1.807) is 23.9 Å². The Balaban J connectivity index is 1.74. The lowest BCUT2D eigenvalue weighted by Crippen LogP contribution is -2.28. The number of halogens is 2. The molecule has 0 saturated heterocycles. The van der Waals surface area contributed by atoms with E-state index in [2.05, 4.69) is 0 Å². The first-order chi connectivity index (χ1) is 13.8. The van der Waals surface area contributed by atoms with E-state index in [4.69, 9.17) is 16.3 Å². The molecule has 3 rings (SSSR count). The summed E-state index contributed by atoms with van der Waals surface area (Å²) in [5, 5.41) is 9.65. The van der Waals surface area contributed by atoms with Gasteiger partial charge in [0.15, 0.2) is 6.61 Å². The van der Waals surface area contributed by atoms with E-state index in [0.29, 0.717) is 5.82 Å². The minimum atomic E-state index is -0.816. The van der Waals surface area contributed by atoms with Gasteiger partial charge in [0.25, 0.3) is 0 Å². The van der Waals surface area contributed by atoms with Crippen LogP contribution in [0.2, 0.25) is 5.02 Å². The number of Topliss-reactive ketones (excluding diaryl/α,β-unsaturated/α-hetero) is 1. The van der Waals surface area contributed by atoms with Crippen molar-refractivity contribution in [3.05, 3.63) is 70.3 Å². The molecule has 0 unspecified atom stereocenters. The summed E-state index contributed by atoms with van der Waals surface area (Å²) in [5.41, 5.74) is 1.55. The van der Waals surface area contributed by atoms with Gasteiger partial charge in [-0.25, -0.2) is 4.39 Å². The monoisotopic (exact) mass is 413 g/mol. The number of anilines is 2. The van der Waals surface area contributed by atoms with Crippen LogP contribution in [0.4, 0.5) is 15.8 Å². The summed E-state index contributed by atoms with van der Waals surface area (Å²) < 4.78 is 18.8. The summed E-state index contributed by atoms with van der Waals surface area (Å²) in [4.78, 5) is 28.1. The van der Waals surface area contributed by atoms with Gasteiger partial charge in [-0.15, -0.1) is 0 Å². The lowest BCUT2D eigenvalue weighted by molar-refractivity contribution is -0.146. The van der Waals surface area contributed by atoms with Crippen LogP contribution in [-0.4, -0.2) is 32.5 Å². The average molecular weight is 414 g/mol. The number of benzene rings is 2. The Hall–Kier alpha value is -3.37. The summed E-state index contributed by atoms with van der Waals surface area (Å²) in [6.07, 6.45) is -0.414. The first kappa shape index (κ1) is 20.4. The molecule has 0 fully saturated rings. The van der Waals surface area contributed by atoms with E-state index in [-0.39, 0.29) is 16.2 Å². The van der Waals surface area contributed by atoms with Crippen molar-refractivity contribution in [3.63, 3.8) is 0 Å². The van der Waals surface area contributed by atoms with Crippen molar-refractivity contribution in [2.45, 2.75) is 6.42 Å². The molecule has 0 atom stereocenters. The van der Waals surface area contributed by atoms with Gasteiger partial charge in [-0.1, -0.05) is 29.8 Å². The van der Waals surface area contributed by atoms with E-state index in [0.717, 1.165) is 11.4 Å². The normalized spacial score (nSPS) is 12.4. The molecule has 29 heavy (non-hydrogen) atoms. The second kappa shape index (κ2) is 8.33. The molecule has 8 heteroatoms. The maximum atomic E-state index is 13.8. The largest absolute Gasteiger partial charge is 0.457 e. The van der Waals surface area contributed by atoms with E-state index < -0.39 is 30.6 Å². The number of ketones is 1. The van der Waals surface area contributed by atoms with E-state index >= 15 is 0 Å². The quantitative estimate of drug-likeness (QED) is 0.424. The van der Waals surface area contributed by atoms with Crippen molar-refractivity contribution in [2.75, 3.05) is 30.5 Å². The van der Waals surface area contributed by atoms with Crippen LogP contribution in [0.1, 0.15) is 5.56 Å². The molecule has 1 aliphatic heterocycles. The molecule has 148 valence electrons. The smallest absolute Gasteiger partial charge is 0.310 e. The molecule has 0 aromatic heterocycles. The second-order valence-electron chi connectivity index (χ2n) is 6.38. The first-order valence-electron chi connectivity index (χ1n) is 8.67. The zero-order valence-corrected chi connectivity index (χ0v) is 16.5. The fraction of sp³-hybridized carbons (Fsp3) is 0.190. The van der Waals surface area contributed by atoms with E-state index in [1.807, 2.05) is 30.3 Å². The highest BCUT2D eigenvalue weighted by Crippen LogP contribution is 2.40.